The summed E-state index contributed by atoms with van der Waals surface area (Å²) in [5, 5.41) is 6.59. The Kier molecular flexibility index (Phi) is 3.79. The quantitative estimate of drug-likeness (QED) is 0.946. The van der Waals surface area contributed by atoms with Crippen LogP contribution in [-0.4, -0.2) is 30.2 Å². The van der Waals surface area contributed by atoms with E-state index in [2.05, 4.69) is 19.9 Å². The lowest BCUT2D eigenvalue weighted by Crippen LogP contribution is -2.37. The van der Waals surface area contributed by atoms with Crippen molar-refractivity contribution in [3.8, 4) is 0 Å². The number of halogens is 2. The normalized spacial score (nSPS) is 18.0. The molecule has 1 amide bonds. The molecule has 1 aromatic carbocycles. The molecule has 1 aliphatic heterocycles. The fourth-order valence-corrected chi connectivity index (χ4v) is 2.56. The van der Waals surface area contributed by atoms with Gasteiger partial charge in [0, 0.05) is 30.9 Å². The number of hydrogen-bond donors (Lipinski definition) is 1. The third kappa shape index (κ3) is 3.00. The first-order valence-electron chi connectivity index (χ1n) is 6.55. The highest BCUT2D eigenvalue weighted by Crippen LogP contribution is 2.25. The van der Waals surface area contributed by atoms with Crippen molar-refractivity contribution in [1.29, 1.82) is 0 Å². The molecule has 0 saturated carbocycles. The van der Waals surface area contributed by atoms with Crippen LogP contribution in [-0.2, 0) is 0 Å². The summed E-state index contributed by atoms with van der Waals surface area (Å²) in [4.78, 5) is 13.9. The molecule has 1 fully saturated rings. The summed E-state index contributed by atoms with van der Waals surface area (Å²) in [5.74, 6) is -0.691. The van der Waals surface area contributed by atoms with Crippen molar-refractivity contribution in [3.05, 3.63) is 47.1 Å². The Morgan fingerprint density at radius 2 is 2.33 bits per heavy atom. The lowest BCUT2D eigenvalue weighted by molar-refractivity contribution is 0.0931. The number of aromatic nitrogens is 1. The number of amides is 1. The van der Waals surface area contributed by atoms with E-state index in [-0.39, 0.29) is 22.7 Å². The lowest BCUT2D eigenvalue weighted by atomic mass is 10.2. The summed E-state index contributed by atoms with van der Waals surface area (Å²) in [5.41, 5.74) is 1.11. The average molecular weight is 310 g/mol. The molecule has 0 aliphatic carbocycles. The third-order valence-corrected chi connectivity index (χ3v) is 3.75. The van der Waals surface area contributed by atoms with Gasteiger partial charge in [0.2, 0.25) is 0 Å². The van der Waals surface area contributed by atoms with Crippen molar-refractivity contribution in [2.75, 3.05) is 18.0 Å². The molecule has 1 N–H and O–H groups in total. The first kappa shape index (κ1) is 13.9. The second kappa shape index (κ2) is 5.73. The topological polar surface area (TPSA) is 58.4 Å². The average Bonchev–Trinajstić information content (AvgIpc) is 3.12. The molecular formula is C14H13ClFN3O2. The summed E-state index contributed by atoms with van der Waals surface area (Å²) >= 11 is 5.79. The zero-order valence-electron chi connectivity index (χ0n) is 11.1. The van der Waals surface area contributed by atoms with Gasteiger partial charge in [0.1, 0.15) is 12.1 Å². The van der Waals surface area contributed by atoms with E-state index < -0.39 is 5.82 Å². The molecule has 2 heterocycles. The Hall–Kier alpha value is -2.08. The zero-order valence-corrected chi connectivity index (χ0v) is 11.8. The molecule has 1 saturated heterocycles. The van der Waals surface area contributed by atoms with Crippen molar-refractivity contribution in [2.45, 2.75) is 12.5 Å². The van der Waals surface area contributed by atoms with E-state index in [0.717, 1.165) is 18.7 Å². The van der Waals surface area contributed by atoms with Crippen LogP contribution in [0.2, 0.25) is 5.02 Å². The number of nitrogens with one attached hydrogen (secondary N) is 1. The number of rotatable bonds is 3. The zero-order chi connectivity index (χ0) is 14.8. The van der Waals surface area contributed by atoms with Gasteiger partial charge in [-0.15, -0.1) is 0 Å². The minimum atomic E-state index is -0.435. The Bertz CT molecular complexity index is 648. The maximum absolute atomic E-state index is 13.2. The van der Waals surface area contributed by atoms with Gasteiger partial charge in [-0.2, -0.15) is 0 Å². The molecule has 7 heteroatoms. The molecule has 2 aromatic rings. The maximum atomic E-state index is 13.2. The molecule has 0 bridgehead atoms. The highest BCUT2D eigenvalue weighted by Gasteiger charge is 2.25. The van der Waals surface area contributed by atoms with Crippen LogP contribution in [0, 0.1) is 5.82 Å². The molecule has 1 atom stereocenters. The van der Waals surface area contributed by atoms with Gasteiger partial charge in [0.05, 0.1) is 5.02 Å². The SMILES string of the molecule is O=C(N[C@@H]1CCN(c2ccc(F)c(Cl)c2)C1)c1ccon1. The van der Waals surface area contributed by atoms with Crippen LogP contribution < -0.4 is 10.2 Å². The van der Waals surface area contributed by atoms with Crippen LogP contribution in [0.15, 0.2) is 35.1 Å². The molecule has 0 radical (unpaired) electrons. The number of carbonyl (C=O) groups excluding carboxylic acids is 1. The van der Waals surface area contributed by atoms with Crippen LogP contribution in [0.25, 0.3) is 0 Å². The highest BCUT2D eigenvalue weighted by molar-refractivity contribution is 6.31. The van der Waals surface area contributed by atoms with Gasteiger partial charge >= 0.3 is 0 Å². The number of anilines is 1. The fourth-order valence-electron chi connectivity index (χ4n) is 2.38. The molecule has 5 nitrogen and oxygen atoms in total. The lowest BCUT2D eigenvalue weighted by Gasteiger charge is -2.19. The summed E-state index contributed by atoms with van der Waals surface area (Å²) in [6.07, 6.45) is 2.16. The molecule has 3 rings (SSSR count). The highest BCUT2D eigenvalue weighted by atomic mass is 35.5. The smallest absolute Gasteiger partial charge is 0.273 e. The predicted molar refractivity (Wildman–Crippen MR) is 76.0 cm³/mol. The van der Waals surface area contributed by atoms with E-state index in [9.17, 15) is 9.18 Å². The van der Waals surface area contributed by atoms with E-state index >= 15 is 0 Å². The Morgan fingerprint density at radius 3 is 3.05 bits per heavy atom. The van der Waals surface area contributed by atoms with E-state index in [1.165, 1.54) is 18.4 Å². The van der Waals surface area contributed by atoms with Gasteiger partial charge < -0.3 is 14.7 Å². The fraction of sp³-hybridized carbons (Fsp3) is 0.286. The maximum Gasteiger partial charge on any atom is 0.273 e. The third-order valence-electron chi connectivity index (χ3n) is 3.46. The summed E-state index contributed by atoms with van der Waals surface area (Å²) in [7, 11) is 0. The van der Waals surface area contributed by atoms with Gasteiger partial charge in [0.15, 0.2) is 5.69 Å². The Labute approximate surface area is 125 Å². The van der Waals surface area contributed by atoms with E-state index in [4.69, 9.17) is 11.6 Å². The molecular weight excluding hydrogens is 297 g/mol. The van der Waals surface area contributed by atoms with Crippen molar-refractivity contribution < 1.29 is 13.7 Å². The second-order valence-electron chi connectivity index (χ2n) is 4.89. The van der Waals surface area contributed by atoms with Gasteiger partial charge in [-0.1, -0.05) is 16.8 Å². The predicted octanol–water partition coefficient (Wildman–Crippen LogP) is 2.48. The molecule has 1 aliphatic rings. The molecule has 110 valence electrons. The minimum Gasteiger partial charge on any atom is -0.369 e. The van der Waals surface area contributed by atoms with Crippen LogP contribution >= 0.6 is 11.6 Å². The van der Waals surface area contributed by atoms with Gasteiger partial charge in [-0.25, -0.2) is 4.39 Å². The van der Waals surface area contributed by atoms with E-state index in [1.807, 2.05) is 0 Å². The summed E-state index contributed by atoms with van der Waals surface area (Å²) < 4.78 is 17.8. The molecule has 21 heavy (non-hydrogen) atoms. The van der Waals surface area contributed by atoms with Crippen LogP contribution in [0.4, 0.5) is 10.1 Å². The number of carbonyl (C=O) groups is 1. The minimum absolute atomic E-state index is 0.0121. The summed E-state index contributed by atoms with van der Waals surface area (Å²) in [6.45, 7) is 1.41. The van der Waals surface area contributed by atoms with Crippen molar-refractivity contribution in [1.82, 2.24) is 10.5 Å². The second-order valence-corrected chi connectivity index (χ2v) is 5.30. The van der Waals surface area contributed by atoms with Crippen molar-refractivity contribution in [2.24, 2.45) is 0 Å². The Morgan fingerprint density at radius 1 is 1.48 bits per heavy atom. The first-order chi connectivity index (χ1) is 10.1. The molecule has 0 spiro atoms. The van der Waals surface area contributed by atoms with Crippen molar-refractivity contribution >= 4 is 23.2 Å². The van der Waals surface area contributed by atoms with Gasteiger partial charge in [0.25, 0.3) is 5.91 Å². The van der Waals surface area contributed by atoms with E-state index in [1.54, 1.807) is 12.1 Å². The standard InChI is InChI=1S/C14H13ClFN3O2/c15-11-7-10(1-2-12(11)16)19-5-3-9(8-19)17-14(20)13-4-6-21-18-13/h1-2,4,6-7,9H,3,5,8H2,(H,17,20)/t9-/m1/s1. The van der Waals surface area contributed by atoms with Crippen molar-refractivity contribution in [3.63, 3.8) is 0 Å². The van der Waals surface area contributed by atoms with Crippen LogP contribution in [0.5, 0.6) is 0 Å². The molecule has 0 unspecified atom stereocenters. The largest absolute Gasteiger partial charge is 0.369 e. The number of hydrogen-bond acceptors (Lipinski definition) is 4. The van der Waals surface area contributed by atoms with Crippen LogP contribution in [0.3, 0.4) is 0 Å². The Balaban J connectivity index is 1.62. The monoisotopic (exact) mass is 309 g/mol. The number of nitrogens with zero attached hydrogens (tertiary/aromatic N) is 2. The molecule has 1 aromatic heterocycles. The van der Waals surface area contributed by atoms with E-state index in [0.29, 0.717) is 6.54 Å². The number of benzene rings is 1. The first-order valence-corrected chi connectivity index (χ1v) is 6.92. The van der Waals surface area contributed by atoms with Crippen LogP contribution in [0.1, 0.15) is 16.9 Å². The summed E-state index contributed by atoms with van der Waals surface area (Å²) in [6, 6.07) is 6.15. The van der Waals surface area contributed by atoms with Gasteiger partial charge in [-0.05, 0) is 24.6 Å². The van der Waals surface area contributed by atoms with Gasteiger partial charge in [-0.3, -0.25) is 4.79 Å².